The van der Waals surface area contributed by atoms with Crippen LogP contribution in [0.1, 0.15) is 36.0 Å². The molecule has 1 aliphatic rings. The summed E-state index contributed by atoms with van der Waals surface area (Å²) in [6.07, 6.45) is -0.298. The summed E-state index contributed by atoms with van der Waals surface area (Å²) in [5.41, 5.74) is 1.98. The highest BCUT2D eigenvalue weighted by molar-refractivity contribution is 6.10. The Bertz CT molecular complexity index is 1250. The van der Waals surface area contributed by atoms with Gasteiger partial charge in [0.2, 0.25) is 11.8 Å². The van der Waals surface area contributed by atoms with Crippen molar-refractivity contribution < 1.29 is 19.5 Å². The first kappa shape index (κ1) is 24.4. The van der Waals surface area contributed by atoms with Crippen molar-refractivity contribution in [1.82, 2.24) is 0 Å². The van der Waals surface area contributed by atoms with Crippen LogP contribution in [0.4, 0.5) is 11.4 Å². The monoisotopic (exact) mass is 470 g/mol. The number of aliphatic hydroxyl groups is 1. The van der Waals surface area contributed by atoms with E-state index in [0.29, 0.717) is 16.9 Å². The molecule has 2 amide bonds. The van der Waals surface area contributed by atoms with E-state index in [9.17, 15) is 19.5 Å². The Morgan fingerprint density at radius 3 is 1.83 bits per heavy atom. The van der Waals surface area contributed by atoms with Gasteiger partial charge in [0.25, 0.3) is 0 Å². The van der Waals surface area contributed by atoms with Gasteiger partial charge < -0.3 is 15.7 Å². The van der Waals surface area contributed by atoms with E-state index in [2.05, 4.69) is 10.6 Å². The molecular weight excluding hydrogens is 440 g/mol. The molecule has 1 aliphatic carbocycles. The Balaban J connectivity index is 1.76. The first-order valence-electron chi connectivity index (χ1n) is 11.7. The Labute approximate surface area is 205 Å². The second-order valence-electron chi connectivity index (χ2n) is 9.50. The second-order valence-corrected chi connectivity index (χ2v) is 9.50. The van der Waals surface area contributed by atoms with Gasteiger partial charge in [-0.05, 0) is 49.6 Å². The van der Waals surface area contributed by atoms with Crippen molar-refractivity contribution in [2.24, 2.45) is 11.8 Å². The number of benzene rings is 3. The lowest BCUT2D eigenvalue weighted by Crippen LogP contribution is -2.56. The molecule has 4 unspecified atom stereocenters. The number of amides is 2. The fourth-order valence-electron chi connectivity index (χ4n) is 5.01. The number of nitrogens with one attached hydrogen (secondary N) is 2. The van der Waals surface area contributed by atoms with Gasteiger partial charge in [0.15, 0.2) is 0 Å². The van der Waals surface area contributed by atoms with Gasteiger partial charge in [0.1, 0.15) is 11.7 Å². The molecule has 35 heavy (non-hydrogen) atoms. The van der Waals surface area contributed by atoms with E-state index in [0.717, 1.165) is 11.1 Å². The maximum Gasteiger partial charge on any atom is 0.235 e. The van der Waals surface area contributed by atoms with Crippen LogP contribution in [-0.2, 0) is 14.4 Å². The number of hydrogen-bond donors (Lipinski definition) is 3. The Hall–Kier alpha value is -3.77. The summed E-state index contributed by atoms with van der Waals surface area (Å²) >= 11 is 0. The average Bonchev–Trinajstić information content (AvgIpc) is 2.81. The predicted octanol–water partition coefficient (Wildman–Crippen LogP) is 4.62. The third-order valence-corrected chi connectivity index (χ3v) is 6.82. The number of anilines is 2. The van der Waals surface area contributed by atoms with Gasteiger partial charge in [-0.15, -0.1) is 0 Å². The number of para-hydroxylation sites is 2. The molecule has 4 atom stereocenters. The van der Waals surface area contributed by atoms with Crippen LogP contribution >= 0.6 is 0 Å². The van der Waals surface area contributed by atoms with E-state index in [4.69, 9.17) is 0 Å². The molecule has 0 aromatic heterocycles. The van der Waals surface area contributed by atoms with E-state index in [1.54, 1.807) is 36.4 Å². The maximum atomic E-state index is 13.7. The summed E-state index contributed by atoms with van der Waals surface area (Å²) in [5.74, 6) is -4.32. The minimum absolute atomic E-state index is 0.298. The summed E-state index contributed by atoms with van der Waals surface area (Å²) < 4.78 is 0. The maximum absolute atomic E-state index is 13.7. The molecule has 0 bridgehead atoms. The van der Waals surface area contributed by atoms with Crippen LogP contribution in [0.2, 0.25) is 0 Å². The quantitative estimate of drug-likeness (QED) is 0.474. The van der Waals surface area contributed by atoms with Crippen LogP contribution in [0, 0.1) is 25.7 Å². The molecule has 0 radical (unpaired) electrons. The van der Waals surface area contributed by atoms with Crippen molar-refractivity contribution in [1.29, 1.82) is 0 Å². The third-order valence-electron chi connectivity index (χ3n) is 6.82. The highest BCUT2D eigenvalue weighted by Crippen LogP contribution is 2.46. The molecule has 3 N–H and O–H groups in total. The zero-order valence-electron chi connectivity index (χ0n) is 20.1. The van der Waals surface area contributed by atoms with Gasteiger partial charge in [0, 0.05) is 23.7 Å². The largest absolute Gasteiger partial charge is 0.389 e. The van der Waals surface area contributed by atoms with Crippen molar-refractivity contribution in [3.05, 3.63) is 95.6 Å². The number of ketones is 1. The molecule has 0 aliphatic heterocycles. The Morgan fingerprint density at radius 2 is 1.29 bits per heavy atom. The van der Waals surface area contributed by atoms with Gasteiger partial charge in [-0.1, -0.05) is 66.7 Å². The highest BCUT2D eigenvalue weighted by atomic mass is 16.3. The average molecular weight is 471 g/mol. The van der Waals surface area contributed by atoms with Crippen LogP contribution in [0.5, 0.6) is 0 Å². The molecule has 1 fully saturated rings. The van der Waals surface area contributed by atoms with E-state index in [1.165, 1.54) is 6.92 Å². The van der Waals surface area contributed by atoms with Crippen LogP contribution in [-0.4, -0.2) is 28.3 Å². The van der Waals surface area contributed by atoms with Crippen molar-refractivity contribution in [2.75, 3.05) is 10.6 Å². The molecule has 0 heterocycles. The van der Waals surface area contributed by atoms with Crippen LogP contribution in [0.15, 0.2) is 78.9 Å². The lowest BCUT2D eigenvalue weighted by atomic mass is 9.61. The van der Waals surface area contributed by atoms with Crippen molar-refractivity contribution >= 4 is 29.0 Å². The summed E-state index contributed by atoms with van der Waals surface area (Å²) in [6, 6.07) is 23.7. The van der Waals surface area contributed by atoms with Gasteiger partial charge in [-0.25, -0.2) is 0 Å². The predicted molar refractivity (Wildman–Crippen MR) is 136 cm³/mol. The molecular formula is C29H30N2O4. The third kappa shape index (κ3) is 5.03. The molecule has 0 spiro atoms. The number of aryl methyl sites for hydroxylation is 2. The van der Waals surface area contributed by atoms with Crippen molar-refractivity contribution in [2.45, 2.75) is 38.7 Å². The van der Waals surface area contributed by atoms with E-state index in [1.807, 2.05) is 56.3 Å². The highest BCUT2D eigenvalue weighted by Gasteiger charge is 2.55. The first-order chi connectivity index (χ1) is 16.7. The molecule has 6 nitrogen and oxygen atoms in total. The zero-order valence-corrected chi connectivity index (χ0v) is 20.1. The van der Waals surface area contributed by atoms with Gasteiger partial charge in [-0.3, -0.25) is 14.4 Å². The molecule has 180 valence electrons. The van der Waals surface area contributed by atoms with E-state index >= 15 is 0 Å². The second kappa shape index (κ2) is 9.84. The summed E-state index contributed by atoms with van der Waals surface area (Å²) in [7, 11) is 0. The molecule has 0 saturated heterocycles. The fourth-order valence-corrected chi connectivity index (χ4v) is 5.01. The van der Waals surface area contributed by atoms with E-state index in [-0.39, 0.29) is 6.42 Å². The smallest absolute Gasteiger partial charge is 0.235 e. The molecule has 1 saturated carbocycles. The van der Waals surface area contributed by atoms with Gasteiger partial charge >= 0.3 is 0 Å². The van der Waals surface area contributed by atoms with Crippen LogP contribution in [0.3, 0.4) is 0 Å². The molecule has 4 rings (SSSR count). The van der Waals surface area contributed by atoms with Gasteiger partial charge in [-0.2, -0.15) is 0 Å². The molecule has 3 aromatic carbocycles. The molecule has 3 aromatic rings. The van der Waals surface area contributed by atoms with Gasteiger partial charge in [0.05, 0.1) is 11.5 Å². The lowest BCUT2D eigenvalue weighted by molar-refractivity contribution is -0.150. The first-order valence-corrected chi connectivity index (χ1v) is 11.7. The molecule has 6 heteroatoms. The number of Topliss-reactive ketones (excluding diaryl/α,β-unsaturated/α-hetero) is 1. The Morgan fingerprint density at radius 1 is 0.800 bits per heavy atom. The number of carbonyl (C=O) groups excluding carboxylic acids is 3. The normalized spacial score (nSPS) is 24.0. The topological polar surface area (TPSA) is 95.5 Å². The van der Waals surface area contributed by atoms with E-state index < -0.39 is 41.0 Å². The van der Waals surface area contributed by atoms with Crippen molar-refractivity contribution in [3.8, 4) is 0 Å². The van der Waals surface area contributed by atoms with Crippen molar-refractivity contribution in [3.63, 3.8) is 0 Å². The van der Waals surface area contributed by atoms with Crippen LogP contribution < -0.4 is 10.6 Å². The number of carbonyl (C=O) groups is 3. The summed E-state index contributed by atoms with van der Waals surface area (Å²) in [4.78, 5) is 40.6. The van der Waals surface area contributed by atoms with Crippen LogP contribution in [0.25, 0.3) is 0 Å². The zero-order chi connectivity index (χ0) is 25.2. The fraction of sp³-hybridized carbons (Fsp3) is 0.276. The minimum Gasteiger partial charge on any atom is -0.389 e. The minimum atomic E-state index is -1.64. The number of hydrogen-bond acceptors (Lipinski definition) is 4. The standard InChI is InChI=1S/C29H30N2O4/c1-18-11-7-9-15-21(18)30-27(33)25-23(32)17-29(3,35)26(24(25)20-13-5-4-6-14-20)28(34)31-22-16-10-8-12-19(22)2/h4-16,24-26,35H,17H2,1-3H3,(H,30,33)(H,31,34). The lowest BCUT2D eigenvalue weighted by Gasteiger charge is -2.44. The summed E-state index contributed by atoms with van der Waals surface area (Å²) in [5, 5.41) is 17.2. The summed E-state index contributed by atoms with van der Waals surface area (Å²) in [6.45, 7) is 5.25. The SMILES string of the molecule is Cc1ccccc1NC(=O)C1C(=O)CC(C)(O)C(C(=O)Nc2ccccc2C)C1c1ccccc1. The number of rotatable bonds is 5. The Kier molecular flexibility index (Phi) is 6.85.